The number of piperidine rings is 1. The van der Waals surface area contributed by atoms with Crippen molar-refractivity contribution in [3.8, 4) is 17.2 Å². The van der Waals surface area contributed by atoms with Crippen LogP contribution in [0.4, 0.5) is 16.6 Å². The number of anilines is 2. The van der Waals surface area contributed by atoms with Gasteiger partial charge in [-0.1, -0.05) is 126 Å². The highest BCUT2D eigenvalue weighted by Crippen LogP contribution is 2.41. The summed E-state index contributed by atoms with van der Waals surface area (Å²) in [7, 11) is -6.55. The number of carbonyl (C=O) groups excluding carboxylic acids is 1. The summed E-state index contributed by atoms with van der Waals surface area (Å²) >= 11 is 0. The molecule has 0 radical (unpaired) electrons. The number of benzene rings is 4. The lowest BCUT2D eigenvalue weighted by Crippen LogP contribution is -2.67. The molecule has 2 aliphatic rings. The van der Waals surface area contributed by atoms with E-state index in [4.69, 9.17) is 23.2 Å². The Balaban J connectivity index is 0.976. The maximum Gasteiger partial charge on any atom is 0.320 e. The molecule has 9 rings (SSSR count). The zero-order chi connectivity index (χ0) is 50.7. The van der Waals surface area contributed by atoms with Crippen LogP contribution >= 0.6 is 0 Å². The van der Waals surface area contributed by atoms with Crippen molar-refractivity contribution in [2.45, 2.75) is 102 Å². The van der Waals surface area contributed by atoms with E-state index in [-0.39, 0.29) is 30.4 Å². The van der Waals surface area contributed by atoms with Crippen LogP contribution in [0, 0.1) is 0 Å². The summed E-state index contributed by atoms with van der Waals surface area (Å²) in [6.45, 7) is 14.4. The van der Waals surface area contributed by atoms with E-state index in [1.807, 2.05) is 65.2 Å². The number of hydrogen-bond donors (Lipinski definition) is 2. The molecule has 0 bridgehead atoms. The Bertz CT molecular complexity index is 3070. The SMILES string of the molecule is C[C@H]1CCCCN1c1nnc2ccc(O[C@@H]3CC[C@H](NC(=O)Nc4cc(C(C)(C)CO[Si](c5ccccc5)(c5ccccc5)C(C)(C)C)nn4-c4cccc(OCCOS(C)(=O)=O)c4)c4ccccc43)cn12. The van der Waals surface area contributed by atoms with Crippen molar-refractivity contribution < 1.29 is 31.3 Å². The minimum Gasteiger partial charge on any atom is -0.491 e. The molecule has 1 saturated heterocycles. The van der Waals surface area contributed by atoms with E-state index < -0.39 is 29.9 Å². The van der Waals surface area contributed by atoms with Crippen LogP contribution in [0.3, 0.4) is 0 Å². The number of rotatable bonds is 17. The summed E-state index contributed by atoms with van der Waals surface area (Å²) in [5, 5.41) is 22.8. The molecule has 3 aromatic heterocycles. The van der Waals surface area contributed by atoms with Crippen molar-refractivity contribution >= 4 is 52.3 Å². The first-order valence-electron chi connectivity index (χ1n) is 24.9. The minimum absolute atomic E-state index is 0.00605. The third kappa shape index (κ3) is 10.9. The molecule has 0 saturated carbocycles. The second-order valence-electron chi connectivity index (χ2n) is 20.6. The monoisotopic (exact) mass is 1010 g/mol. The highest BCUT2D eigenvalue weighted by Gasteiger charge is 2.51. The zero-order valence-electron chi connectivity index (χ0n) is 42.2. The van der Waals surface area contributed by atoms with Gasteiger partial charge in [-0.2, -0.15) is 13.5 Å². The number of ether oxygens (including phenoxy) is 2. The highest BCUT2D eigenvalue weighted by atomic mass is 32.2. The molecule has 3 atom stereocenters. The summed E-state index contributed by atoms with van der Waals surface area (Å²) in [5.74, 6) is 2.46. The standard InChI is InChI=1S/C55H66N8O7SSi/c1-39-19-16-17-32-61(39)53-59-58-50-31-28-42(37-62(50)53)70-48-30-29-47(45-26-14-15-27-46(45)48)56-52(64)57-51-36-49(60-63(51)40-20-18-21-41(35-40)67-33-34-68-71(7,65)66)55(5,6)38-69-72(54(2,3)4,43-22-10-8-11-23-43)44-24-12-9-13-25-44/h8-15,18,20-28,31,35-37,39,47-48H,16-17,19,29-30,32-34,38H2,1-7H3,(H2,56,57,64)/t39-,47-,48+/m0/s1. The molecule has 1 aliphatic heterocycles. The van der Waals surface area contributed by atoms with Crippen LogP contribution in [0.25, 0.3) is 11.3 Å². The van der Waals surface area contributed by atoms with Gasteiger partial charge in [-0.25, -0.2) is 9.48 Å². The Morgan fingerprint density at radius 1 is 0.778 bits per heavy atom. The van der Waals surface area contributed by atoms with Gasteiger partial charge in [-0.05, 0) is 89.8 Å². The molecule has 15 nitrogen and oxygen atoms in total. The van der Waals surface area contributed by atoms with Crippen LogP contribution in [0.5, 0.6) is 11.5 Å². The summed E-state index contributed by atoms with van der Waals surface area (Å²) in [5.41, 5.74) is 3.44. The van der Waals surface area contributed by atoms with Gasteiger partial charge in [0.1, 0.15) is 36.6 Å². The molecule has 0 unspecified atom stereocenters. The van der Waals surface area contributed by atoms with Crippen LogP contribution in [0.2, 0.25) is 5.04 Å². The van der Waals surface area contributed by atoms with E-state index in [0.29, 0.717) is 48.4 Å². The van der Waals surface area contributed by atoms with Gasteiger partial charge in [0.2, 0.25) is 5.95 Å². The fourth-order valence-corrected chi connectivity index (χ4v) is 15.3. The average Bonchev–Trinajstić information content (AvgIpc) is 3.99. The first-order valence-corrected chi connectivity index (χ1v) is 28.6. The van der Waals surface area contributed by atoms with E-state index in [9.17, 15) is 13.2 Å². The first kappa shape index (κ1) is 50.4. The van der Waals surface area contributed by atoms with Gasteiger partial charge in [0, 0.05) is 36.7 Å². The molecule has 1 fully saturated rings. The summed E-state index contributed by atoms with van der Waals surface area (Å²) in [4.78, 5) is 16.7. The van der Waals surface area contributed by atoms with Gasteiger partial charge in [-0.3, -0.25) is 13.9 Å². The van der Waals surface area contributed by atoms with Gasteiger partial charge in [0.25, 0.3) is 18.4 Å². The lowest BCUT2D eigenvalue weighted by Gasteiger charge is -2.44. The van der Waals surface area contributed by atoms with Crippen molar-refractivity contribution in [3.63, 3.8) is 0 Å². The van der Waals surface area contributed by atoms with E-state index >= 15 is 0 Å². The Kier molecular flexibility index (Phi) is 14.6. The van der Waals surface area contributed by atoms with Crippen LogP contribution in [-0.4, -0.2) is 85.8 Å². The number of nitrogens with one attached hydrogen (secondary N) is 2. The number of fused-ring (bicyclic) bond motifs is 2. The molecule has 72 heavy (non-hydrogen) atoms. The Hall–Kier alpha value is -6.53. The van der Waals surface area contributed by atoms with Crippen LogP contribution in [-0.2, 0) is 24.1 Å². The molecule has 2 amide bonds. The Labute approximate surface area is 424 Å². The van der Waals surface area contributed by atoms with Crippen molar-refractivity contribution in [1.29, 1.82) is 0 Å². The van der Waals surface area contributed by atoms with Crippen molar-refractivity contribution in [2.75, 3.05) is 42.8 Å². The normalized spacial score (nSPS) is 17.6. The van der Waals surface area contributed by atoms with Crippen molar-refractivity contribution in [3.05, 3.63) is 150 Å². The van der Waals surface area contributed by atoms with Gasteiger partial charge < -0.3 is 24.1 Å². The Morgan fingerprint density at radius 3 is 2.18 bits per heavy atom. The molecular formula is C55H66N8O7SSi. The third-order valence-corrected chi connectivity index (χ3v) is 19.4. The number of hydrogen-bond acceptors (Lipinski definition) is 11. The molecule has 7 aromatic rings. The smallest absolute Gasteiger partial charge is 0.320 e. The lowest BCUT2D eigenvalue weighted by atomic mass is 9.85. The molecule has 1 aliphatic carbocycles. The number of pyridine rings is 1. The van der Waals surface area contributed by atoms with E-state index in [2.05, 4.69) is 128 Å². The predicted octanol–water partition coefficient (Wildman–Crippen LogP) is 9.28. The fraction of sp³-hybridized carbons (Fsp3) is 0.382. The maximum absolute atomic E-state index is 14.4. The summed E-state index contributed by atoms with van der Waals surface area (Å²) in [6.07, 6.45) is 7.52. The topological polar surface area (TPSA) is 163 Å². The largest absolute Gasteiger partial charge is 0.491 e. The van der Waals surface area contributed by atoms with Crippen LogP contribution in [0.1, 0.15) is 103 Å². The molecule has 17 heteroatoms. The van der Waals surface area contributed by atoms with Gasteiger partial charge in [0.15, 0.2) is 5.65 Å². The number of urea groups is 1. The van der Waals surface area contributed by atoms with Crippen molar-refractivity contribution in [1.82, 2.24) is 29.7 Å². The summed E-state index contributed by atoms with van der Waals surface area (Å²) < 4.78 is 51.9. The lowest BCUT2D eigenvalue weighted by molar-refractivity contribution is 0.171. The average molecular weight is 1010 g/mol. The van der Waals surface area contributed by atoms with Gasteiger partial charge in [0.05, 0.1) is 29.9 Å². The van der Waals surface area contributed by atoms with E-state index in [0.717, 1.165) is 54.1 Å². The van der Waals surface area contributed by atoms with Crippen LogP contribution in [0.15, 0.2) is 134 Å². The fourth-order valence-electron chi connectivity index (χ4n) is 10.2. The second kappa shape index (κ2) is 20.9. The first-order chi connectivity index (χ1) is 34.5. The Morgan fingerprint density at radius 2 is 1.49 bits per heavy atom. The predicted molar refractivity (Wildman–Crippen MR) is 284 cm³/mol. The highest BCUT2D eigenvalue weighted by molar-refractivity contribution is 7.85. The number of aromatic nitrogens is 5. The zero-order valence-corrected chi connectivity index (χ0v) is 44.1. The molecule has 2 N–H and O–H groups in total. The maximum atomic E-state index is 14.4. The molecule has 378 valence electrons. The van der Waals surface area contributed by atoms with E-state index in [1.54, 1.807) is 16.8 Å². The summed E-state index contributed by atoms with van der Waals surface area (Å²) in [6, 6.07) is 42.0. The molecule has 4 heterocycles. The molecular weight excluding hydrogens is 945 g/mol. The number of nitrogens with zero attached hydrogens (tertiary/aromatic N) is 6. The third-order valence-electron chi connectivity index (χ3n) is 13.9. The van der Waals surface area contributed by atoms with Crippen LogP contribution < -0.4 is 35.4 Å². The number of carbonyl (C=O) groups is 1. The van der Waals surface area contributed by atoms with Gasteiger partial charge in [-0.15, -0.1) is 10.2 Å². The quantitative estimate of drug-likeness (QED) is 0.0508. The molecule has 0 spiro atoms. The van der Waals surface area contributed by atoms with Crippen molar-refractivity contribution in [2.24, 2.45) is 0 Å². The second-order valence-corrected chi connectivity index (χ2v) is 26.6. The minimum atomic E-state index is -3.63. The number of amides is 2. The van der Waals surface area contributed by atoms with E-state index in [1.165, 1.54) is 16.8 Å². The molecule has 4 aromatic carbocycles. The van der Waals surface area contributed by atoms with Gasteiger partial charge >= 0.3 is 6.03 Å².